The van der Waals surface area contributed by atoms with E-state index in [4.69, 9.17) is 9.84 Å². The van der Waals surface area contributed by atoms with Gasteiger partial charge in [-0.05, 0) is 6.26 Å². The normalized spacial score (nSPS) is 23.4. The van der Waals surface area contributed by atoms with Gasteiger partial charge in [-0.1, -0.05) is 0 Å². The number of ether oxygens (including phenoxy) is 1. The van der Waals surface area contributed by atoms with E-state index in [0.29, 0.717) is 6.54 Å². The maximum Gasteiger partial charge on any atom is 0.317 e. The lowest BCUT2D eigenvalue weighted by molar-refractivity contribution is -0.142. The summed E-state index contributed by atoms with van der Waals surface area (Å²) in [6.07, 6.45) is 1.96. The van der Waals surface area contributed by atoms with Crippen molar-refractivity contribution >= 4 is 23.8 Å². The van der Waals surface area contributed by atoms with Gasteiger partial charge in [0.1, 0.15) is 5.92 Å². The Morgan fingerprint density at radius 2 is 2.24 bits per heavy atom. The van der Waals surface area contributed by atoms with Gasteiger partial charge in [-0.2, -0.15) is 11.8 Å². The first-order valence-electron chi connectivity index (χ1n) is 5.38. The minimum absolute atomic E-state index is 0.169. The summed E-state index contributed by atoms with van der Waals surface area (Å²) in [7, 11) is 1.60. The monoisotopic (exact) mass is 262 g/mol. The van der Waals surface area contributed by atoms with Crippen LogP contribution in [0.5, 0.6) is 0 Å². The predicted molar refractivity (Wildman–Crippen MR) is 65.3 cm³/mol. The number of urea groups is 1. The molecule has 98 valence electrons. The van der Waals surface area contributed by atoms with Gasteiger partial charge in [0.25, 0.3) is 0 Å². The Morgan fingerprint density at radius 1 is 1.53 bits per heavy atom. The highest BCUT2D eigenvalue weighted by atomic mass is 32.2. The average molecular weight is 262 g/mol. The molecule has 2 atom stereocenters. The van der Waals surface area contributed by atoms with E-state index in [1.165, 1.54) is 4.90 Å². The third-order valence-corrected chi connectivity index (χ3v) is 3.38. The van der Waals surface area contributed by atoms with Crippen molar-refractivity contribution in [2.75, 3.05) is 38.8 Å². The largest absolute Gasteiger partial charge is 0.481 e. The second-order valence-corrected chi connectivity index (χ2v) is 4.87. The van der Waals surface area contributed by atoms with Crippen molar-refractivity contribution < 1.29 is 19.4 Å². The molecular weight excluding hydrogens is 244 g/mol. The Labute approximate surface area is 105 Å². The summed E-state index contributed by atoms with van der Waals surface area (Å²) < 4.78 is 5.12. The number of carbonyl (C=O) groups excluding carboxylic acids is 1. The summed E-state index contributed by atoms with van der Waals surface area (Å²) in [6.45, 7) is 1.03. The van der Waals surface area contributed by atoms with E-state index >= 15 is 0 Å². The molecule has 1 fully saturated rings. The number of hydrogen-bond donors (Lipinski definition) is 2. The number of nitrogens with zero attached hydrogens (tertiary/aromatic N) is 1. The molecule has 1 saturated heterocycles. The number of carboxylic acids is 1. The summed E-state index contributed by atoms with van der Waals surface area (Å²) in [5.74, 6) is -0.717. The van der Waals surface area contributed by atoms with Crippen LogP contribution in [0.4, 0.5) is 4.79 Å². The van der Waals surface area contributed by atoms with Crippen LogP contribution in [0.2, 0.25) is 0 Å². The minimum Gasteiger partial charge on any atom is -0.481 e. The fraction of sp³-hybridized carbons (Fsp3) is 0.800. The van der Waals surface area contributed by atoms with Gasteiger partial charge in [-0.15, -0.1) is 0 Å². The van der Waals surface area contributed by atoms with Crippen LogP contribution >= 0.6 is 11.8 Å². The van der Waals surface area contributed by atoms with Crippen molar-refractivity contribution in [1.82, 2.24) is 10.2 Å². The molecule has 2 amide bonds. The van der Waals surface area contributed by atoms with Gasteiger partial charge in [0.15, 0.2) is 0 Å². The summed E-state index contributed by atoms with van der Waals surface area (Å²) in [4.78, 5) is 24.1. The van der Waals surface area contributed by atoms with Crippen LogP contribution in [0.1, 0.15) is 0 Å². The van der Waals surface area contributed by atoms with Crippen molar-refractivity contribution in [1.29, 1.82) is 0 Å². The Morgan fingerprint density at radius 3 is 2.82 bits per heavy atom. The number of likely N-dealkylation sites (N-methyl/N-ethyl adjacent to an activating group) is 1. The van der Waals surface area contributed by atoms with E-state index in [0.717, 1.165) is 5.75 Å². The molecule has 2 N–H and O–H groups in total. The molecule has 1 aliphatic rings. The summed E-state index contributed by atoms with van der Waals surface area (Å²) in [5.41, 5.74) is 0. The first kappa shape index (κ1) is 14.1. The van der Waals surface area contributed by atoms with Gasteiger partial charge in [-0.25, -0.2) is 4.79 Å². The van der Waals surface area contributed by atoms with Crippen molar-refractivity contribution in [2.24, 2.45) is 5.92 Å². The molecule has 1 rings (SSSR count). The Hall–Kier alpha value is -0.950. The van der Waals surface area contributed by atoms with Crippen LogP contribution in [-0.4, -0.2) is 66.9 Å². The first-order chi connectivity index (χ1) is 8.07. The molecule has 0 spiro atoms. The molecule has 0 bridgehead atoms. The maximum atomic E-state index is 11.7. The van der Waals surface area contributed by atoms with Crippen molar-refractivity contribution in [3.05, 3.63) is 0 Å². The zero-order valence-corrected chi connectivity index (χ0v) is 10.8. The van der Waals surface area contributed by atoms with E-state index < -0.39 is 11.9 Å². The number of carbonyl (C=O) groups is 2. The second-order valence-electron chi connectivity index (χ2n) is 3.89. The molecule has 17 heavy (non-hydrogen) atoms. The topological polar surface area (TPSA) is 78.9 Å². The Bertz CT molecular complexity index is 287. The number of amides is 2. The molecular formula is C10H18N2O4S. The number of hydrogen-bond acceptors (Lipinski definition) is 4. The van der Waals surface area contributed by atoms with E-state index in [1.807, 2.05) is 6.26 Å². The van der Waals surface area contributed by atoms with Gasteiger partial charge in [0, 0.05) is 19.3 Å². The minimum atomic E-state index is -0.920. The van der Waals surface area contributed by atoms with Gasteiger partial charge in [0.05, 0.1) is 19.3 Å². The number of rotatable bonds is 5. The molecule has 0 aromatic heterocycles. The lowest BCUT2D eigenvalue weighted by Gasteiger charge is -2.26. The fourth-order valence-corrected chi connectivity index (χ4v) is 2.00. The van der Waals surface area contributed by atoms with E-state index in [2.05, 4.69) is 5.32 Å². The number of carboxylic acid groups (broad SMARTS) is 1. The lowest BCUT2D eigenvalue weighted by Crippen LogP contribution is -2.48. The van der Waals surface area contributed by atoms with Crippen LogP contribution in [-0.2, 0) is 9.53 Å². The molecule has 0 aromatic rings. The molecule has 2 unspecified atom stereocenters. The second kappa shape index (κ2) is 6.70. The van der Waals surface area contributed by atoms with Crippen LogP contribution in [0.15, 0.2) is 0 Å². The number of nitrogens with one attached hydrogen (secondary N) is 1. The van der Waals surface area contributed by atoms with E-state index in [1.54, 1.807) is 18.8 Å². The third-order valence-electron chi connectivity index (χ3n) is 2.77. The third kappa shape index (κ3) is 3.78. The van der Waals surface area contributed by atoms with Gasteiger partial charge >= 0.3 is 12.0 Å². The highest BCUT2D eigenvalue weighted by molar-refractivity contribution is 7.98. The zero-order chi connectivity index (χ0) is 12.8. The van der Waals surface area contributed by atoms with Crippen LogP contribution in [0, 0.1) is 5.92 Å². The van der Waals surface area contributed by atoms with Gasteiger partial charge in [-0.3, -0.25) is 4.79 Å². The fourth-order valence-electron chi connectivity index (χ4n) is 1.70. The average Bonchev–Trinajstić information content (AvgIpc) is 2.77. The Balaban J connectivity index is 2.47. The molecule has 0 aliphatic carbocycles. The Kier molecular flexibility index (Phi) is 5.57. The highest BCUT2D eigenvalue weighted by Gasteiger charge is 2.38. The quantitative estimate of drug-likeness (QED) is 0.687. The molecule has 0 aromatic carbocycles. The van der Waals surface area contributed by atoms with Gasteiger partial charge in [0.2, 0.25) is 0 Å². The van der Waals surface area contributed by atoms with Crippen molar-refractivity contribution in [3.63, 3.8) is 0 Å². The van der Waals surface area contributed by atoms with Crippen molar-refractivity contribution in [3.8, 4) is 0 Å². The maximum absolute atomic E-state index is 11.7. The van der Waals surface area contributed by atoms with Crippen molar-refractivity contribution in [2.45, 2.75) is 6.04 Å². The van der Waals surface area contributed by atoms with Crippen LogP contribution in [0.3, 0.4) is 0 Å². The lowest BCUT2D eigenvalue weighted by atomic mass is 10.0. The standard InChI is InChI=1S/C10H18N2O4S/c1-12(10(15)11-3-4-17-2)8-6-16-5-7(8)9(13)14/h7-8H,3-6H2,1-2H3,(H,11,15)(H,13,14). The number of thioether (sulfide) groups is 1. The summed E-state index contributed by atoms with van der Waals surface area (Å²) in [6, 6.07) is -0.637. The SMILES string of the molecule is CSCCNC(=O)N(C)C1COCC1C(=O)O. The highest BCUT2D eigenvalue weighted by Crippen LogP contribution is 2.18. The zero-order valence-electron chi connectivity index (χ0n) is 10.0. The predicted octanol–water partition coefficient (Wildman–Crippen LogP) is 0.0904. The summed E-state index contributed by atoms with van der Waals surface area (Å²) in [5, 5.41) is 11.7. The molecule has 6 nitrogen and oxygen atoms in total. The molecule has 1 aliphatic heterocycles. The van der Waals surface area contributed by atoms with Crippen LogP contribution in [0.25, 0.3) is 0 Å². The smallest absolute Gasteiger partial charge is 0.317 e. The number of aliphatic carboxylic acids is 1. The van der Waals surface area contributed by atoms with Crippen LogP contribution < -0.4 is 5.32 Å². The molecule has 1 heterocycles. The van der Waals surface area contributed by atoms with E-state index in [9.17, 15) is 9.59 Å². The molecule has 0 saturated carbocycles. The molecule has 7 heteroatoms. The first-order valence-corrected chi connectivity index (χ1v) is 6.77. The van der Waals surface area contributed by atoms with E-state index in [-0.39, 0.29) is 25.3 Å². The summed E-state index contributed by atoms with van der Waals surface area (Å²) >= 11 is 1.64. The van der Waals surface area contributed by atoms with Gasteiger partial charge < -0.3 is 20.1 Å². The molecule has 0 radical (unpaired) electrons.